The second-order valence-electron chi connectivity index (χ2n) is 4.18. The first-order valence-electron chi connectivity index (χ1n) is 6.76. The molecule has 18 heavy (non-hydrogen) atoms. The maximum absolute atomic E-state index is 6.39. The highest BCUT2D eigenvalue weighted by Crippen LogP contribution is 2.34. The number of rotatable bonds is 8. The fourth-order valence-corrected chi connectivity index (χ4v) is 2.10. The van der Waals surface area contributed by atoms with Gasteiger partial charge in [-0.15, -0.1) is 11.6 Å². The molecule has 0 spiro atoms. The largest absolute Gasteiger partial charge is 0.490 e. The molecule has 0 amide bonds. The van der Waals surface area contributed by atoms with Gasteiger partial charge < -0.3 is 9.47 Å². The number of ether oxygens (including phenoxy) is 2. The Balaban J connectivity index is 2.84. The maximum atomic E-state index is 6.39. The van der Waals surface area contributed by atoms with E-state index in [9.17, 15) is 0 Å². The van der Waals surface area contributed by atoms with E-state index >= 15 is 0 Å². The van der Waals surface area contributed by atoms with E-state index in [1.807, 2.05) is 32.0 Å². The van der Waals surface area contributed by atoms with Crippen molar-refractivity contribution in [3.05, 3.63) is 23.8 Å². The molecule has 0 aliphatic heterocycles. The predicted molar refractivity (Wildman–Crippen MR) is 76.9 cm³/mol. The van der Waals surface area contributed by atoms with Crippen molar-refractivity contribution in [3.8, 4) is 11.5 Å². The Morgan fingerprint density at radius 3 is 2.33 bits per heavy atom. The van der Waals surface area contributed by atoms with Crippen LogP contribution in [0, 0.1) is 0 Å². The van der Waals surface area contributed by atoms with Gasteiger partial charge in [-0.3, -0.25) is 0 Å². The summed E-state index contributed by atoms with van der Waals surface area (Å²) in [7, 11) is 0. The van der Waals surface area contributed by atoms with Gasteiger partial charge in [-0.05, 0) is 38.0 Å². The zero-order valence-electron chi connectivity index (χ0n) is 11.5. The molecule has 3 heteroatoms. The van der Waals surface area contributed by atoms with Gasteiger partial charge in [0.1, 0.15) is 0 Å². The second kappa shape index (κ2) is 8.25. The van der Waals surface area contributed by atoms with E-state index in [2.05, 4.69) is 6.92 Å². The monoisotopic (exact) mass is 270 g/mol. The molecule has 1 aromatic carbocycles. The Morgan fingerprint density at radius 1 is 1.06 bits per heavy atom. The summed E-state index contributed by atoms with van der Waals surface area (Å²) in [6.07, 6.45) is 3.31. The highest BCUT2D eigenvalue weighted by atomic mass is 35.5. The lowest BCUT2D eigenvalue weighted by molar-refractivity contribution is 0.287. The summed E-state index contributed by atoms with van der Waals surface area (Å²) in [4.78, 5) is 0. The summed E-state index contributed by atoms with van der Waals surface area (Å²) < 4.78 is 11.1. The van der Waals surface area contributed by atoms with Crippen LogP contribution in [0.1, 0.15) is 51.0 Å². The normalized spacial score (nSPS) is 12.2. The number of halogens is 1. The van der Waals surface area contributed by atoms with Crippen molar-refractivity contribution in [3.63, 3.8) is 0 Å². The minimum absolute atomic E-state index is 0.0554. The average Bonchev–Trinajstić information content (AvgIpc) is 2.38. The molecule has 2 nitrogen and oxygen atoms in total. The van der Waals surface area contributed by atoms with Gasteiger partial charge in [0, 0.05) is 0 Å². The molecule has 1 unspecified atom stereocenters. The van der Waals surface area contributed by atoms with Gasteiger partial charge in [-0.1, -0.05) is 25.8 Å². The molecule has 0 aliphatic carbocycles. The van der Waals surface area contributed by atoms with Gasteiger partial charge in [0.15, 0.2) is 11.5 Å². The lowest BCUT2D eigenvalue weighted by atomic mass is 10.1. The molecule has 0 aromatic heterocycles. The van der Waals surface area contributed by atoms with Crippen molar-refractivity contribution >= 4 is 11.6 Å². The smallest absolute Gasteiger partial charge is 0.161 e. The molecule has 0 radical (unpaired) electrons. The number of alkyl halides is 1. The molecular formula is C15H23ClO2. The highest BCUT2D eigenvalue weighted by Gasteiger charge is 2.12. The quantitative estimate of drug-likeness (QED) is 0.622. The fraction of sp³-hybridized carbons (Fsp3) is 0.600. The SMILES string of the molecule is CCCCC(Cl)c1ccc(OCC)c(OCC)c1. The Labute approximate surface area is 115 Å². The number of hydrogen-bond donors (Lipinski definition) is 0. The molecular weight excluding hydrogens is 248 g/mol. The van der Waals surface area contributed by atoms with Crippen LogP contribution in [0.2, 0.25) is 0 Å². The zero-order chi connectivity index (χ0) is 13.4. The maximum Gasteiger partial charge on any atom is 0.161 e. The average molecular weight is 271 g/mol. The Hall–Kier alpha value is -0.890. The van der Waals surface area contributed by atoms with Crippen LogP contribution in [0.15, 0.2) is 18.2 Å². The molecule has 0 saturated heterocycles. The summed E-state index contributed by atoms with van der Waals surface area (Å²) in [5.74, 6) is 1.58. The van der Waals surface area contributed by atoms with Crippen molar-refractivity contribution in [2.75, 3.05) is 13.2 Å². The van der Waals surface area contributed by atoms with E-state index in [0.717, 1.165) is 29.9 Å². The van der Waals surface area contributed by atoms with Crippen molar-refractivity contribution in [2.45, 2.75) is 45.4 Å². The standard InChI is InChI=1S/C15H23ClO2/c1-4-7-8-13(16)12-9-10-14(17-5-2)15(11-12)18-6-3/h9-11,13H,4-8H2,1-3H3. The van der Waals surface area contributed by atoms with Crippen molar-refractivity contribution in [2.24, 2.45) is 0 Å². The second-order valence-corrected chi connectivity index (χ2v) is 4.71. The zero-order valence-corrected chi connectivity index (χ0v) is 12.3. The van der Waals surface area contributed by atoms with Crippen LogP contribution < -0.4 is 9.47 Å². The van der Waals surface area contributed by atoms with Gasteiger partial charge in [0.05, 0.1) is 18.6 Å². The van der Waals surface area contributed by atoms with Gasteiger partial charge in [0.2, 0.25) is 0 Å². The van der Waals surface area contributed by atoms with Crippen molar-refractivity contribution in [1.29, 1.82) is 0 Å². The molecule has 0 bridgehead atoms. The van der Waals surface area contributed by atoms with Gasteiger partial charge >= 0.3 is 0 Å². The Kier molecular flexibility index (Phi) is 6.96. The van der Waals surface area contributed by atoms with Crippen LogP contribution in [0.4, 0.5) is 0 Å². The topological polar surface area (TPSA) is 18.5 Å². The molecule has 0 saturated carbocycles. The number of hydrogen-bond acceptors (Lipinski definition) is 2. The fourth-order valence-electron chi connectivity index (χ4n) is 1.81. The first-order valence-corrected chi connectivity index (χ1v) is 7.20. The molecule has 1 rings (SSSR count). The number of unbranched alkanes of at least 4 members (excludes halogenated alkanes) is 1. The first kappa shape index (κ1) is 15.2. The van der Waals surface area contributed by atoms with E-state index in [-0.39, 0.29) is 5.38 Å². The lowest BCUT2D eigenvalue weighted by Gasteiger charge is -2.15. The first-order chi connectivity index (χ1) is 8.72. The summed E-state index contributed by atoms with van der Waals surface area (Å²) in [5, 5.41) is 0.0554. The summed E-state index contributed by atoms with van der Waals surface area (Å²) in [6, 6.07) is 5.98. The Bertz CT molecular complexity index is 352. The number of benzene rings is 1. The van der Waals surface area contributed by atoms with Gasteiger partial charge in [-0.2, -0.15) is 0 Å². The van der Waals surface area contributed by atoms with E-state index in [1.54, 1.807) is 0 Å². The third kappa shape index (κ3) is 4.41. The Morgan fingerprint density at radius 2 is 1.72 bits per heavy atom. The van der Waals surface area contributed by atoms with Gasteiger partial charge in [0.25, 0.3) is 0 Å². The lowest BCUT2D eigenvalue weighted by Crippen LogP contribution is -2.00. The molecule has 1 atom stereocenters. The minimum Gasteiger partial charge on any atom is -0.490 e. The van der Waals surface area contributed by atoms with Crippen molar-refractivity contribution < 1.29 is 9.47 Å². The predicted octanol–water partition coefficient (Wildman–Crippen LogP) is 4.95. The van der Waals surface area contributed by atoms with E-state index in [1.165, 1.54) is 6.42 Å². The van der Waals surface area contributed by atoms with Crippen LogP contribution in [0.5, 0.6) is 11.5 Å². The molecule has 1 aromatic rings. The third-order valence-corrected chi connectivity index (χ3v) is 3.21. The van der Waals surface area contributed by atoms with Crippen LogP contribution in [0.3, 0.4) is 0 Å². The summed E-state index contributed by atoms with van der Waals surface area (Å²) in [5.41, 5.74) is 1.11. The molecule has 0 heterocycles. The van der Waals surface area contributed by atoms with Crippen LogP contribution in [-0.4, -0.2) is 13.2 Å². The van der Waals surface area contributed by atoms with Crippen LogP contribution in [0.25, 0.3) is 0 Å². The molecule has 102 valence electrons. The van der Waals surface area contributed by atoms with Crippen LogP contribution >= 0.6 is 11.6 Å². The summed E-state index contributed by atoms with van der Waals surface area (Å²) >= 11 is 6.39. The third-order valence-electron chi connectivity index (χ3n) is 2.74. The minimum atomic E-state index is 0.0554. The highest BCUT2D eigenvalue weighted by molar-refractivity contribution is 6.20. The van der Waals surface area contributed by atoms with E-state index < -0.39 is 0 Å². The van der Waals surface area contributed by atoms with Crippen molar-refractivity contribution in [1.82, 2.24) is 0 Å². The van der Waals surface area contributed by atoms with Gasteiger partial charge in [-0.25, -0.2) is 0 Å². The molecule has 0 N–H and O–H groups in total. The summed E-state index contributed by atoms with van der Waals surface area (Å²) in [6.45, 7) is 7.38. The molecule has 0 fully saturated rings. The van der Waals surface area contributed by atoms with Crippen LogP contribution in [-0.2, 0) is 0 Å². The molecule has 0 aliphatic rings. The van der Waals surface area contributed by atoms with E-state index in [4.69, 9.17) is 21.1 Å². The van der Waals surface area contributed by atoms with E-state index in [0.29, 0.717) is 13.2 Å².